The summed E-state index contributed by atoms with van der Waals surface area (Å²) in [6.45, 7) is 1.75. The number of fused-ring (bicyclic) bond motifs is 1. The standard InChI is InChI=1S/C18H18O5S2/c1-2-22-18(19)11-23-13-8-9-15-16(12-25(20,21)17(15)10-13)24-14-6-4-3-5-7-14/h3-10,16H,2,11-12H2,1H3. The first-order chi connectivity index (χ1) is 12.0. The zero-order valence-corrected chi connectivity index (χ0v) is 15.3. The van der Waals surface area contributed by atoms with E-state index in [1.165, 1.54) is 17.8 Å². The highest BCUT2D eigenvalue weighted by Crippen LogP contribution is 2.45. The van der Waals surface area contributed by atoms with Crippen LogP contribution in [0.4, 0.5) is 0 Å². The van der Waals surface area contributed by atoms with Gasteiger partial charge in [-0.15, -0.1) is 11.8 Å². The summed E-state index contributed by atoms with van der Waals surface area (Å²) in [5, 5.41) is -0.151. The zero-order valence-electron chi connectivity index (χ0n) is 13.7. The van der Waals surface area contributed by atoms with Gasteiger partial charge >= 0.3 is 5.97 Å². The molecule has 0 saturated heterocycles. The Morgan fingerprint density at radius 3 is 2.68 bits per heavy atom. The molecule has 1 aliphatic rings. The number of sulfone groups is 1. The highest BCUT2D eigenvalue weighted by atomic mass is 32.2. The van der Waals surface area contributed by atoms with Gasteiger partial charge in [-0.05, 0) is 36.8 Å². The molecule has 1 heterocycles. The Hall–Kier alpha value is -1.99. The molecule has 0 N–H and O–H groups in total. The quantitative estimate of drug-likeness (QED) is 0.719. The first-order valence-electron chi connectivity index (χ1n) is 7.86. The number of carbonyl (C=O) groups is 1. The predicted molar refractivity (Wildman–Crippen MR) is 95.7 cm³/mol. The third-order valence-corrected chi connectivity index (χ3v) is 6.98. The number of esters is 1. The minimum atomic E-state index is -3.36. The van der Waals surface area contributed by atoms with Crippen LogP contribution in [-0.2, 0) is 19.4 Å². The van der Waals surface area contributed by atoms with Gasteiger partial charge in [0.2, 0.25) is 0 Å². The number of hydrogen-bond donors (Lipinski definition) is 0. The summed E-state index contributed by atoms with van der Waals surface area (Å²) in [6.07, 6.45) is 0. The van der Waals surface area contributed by atoms with Crippen molar-refractivity contribution in [1.29, 1.82) is 0 Å². The van der Waals surface area contributed by atoms with E-state index in [0.29, 0.717) is 5.75 Å². The molecule has 0 aliphatic carbocycles. The summed E-state index contributed by atoms with van der Waals surface area (Å²) < 4.78 is 35.1. The van der Waals surface area contributed by atoms with Gasteiger partial charge in [0, 0.05) is 4.90 Å². The molecule has 2 aromatic carbocycles. The van der Waals surface area contributed by atoms with Crippen LogP contribution in [0.3, 0.4) is 0 Å². The third-order valence-electron chi connectivity index (χ3n) is 3.72. The van der Waals surface area contributed by atoms with Crippen LogP contribution in [0, 0.1) is 0 Å². The van der Waals surface area contributed by atoms with Gasteiger partial charge in [-0.3, -0.25) is 0 Å². The maximum Gasteiger partial charge on any atom is 0.344 e. The average Bonchev–Trinajstić information content (AvgIpc) is 2.84. The monoisotopic (exact) mass is 378 g/mol. The van der Waals surface area contributed by atoms with Crippen molar-refractivity contribution in [3.05, 3.63) is 54.1 Å². The van der Waals surface area contributed by atoms with E-state index in [-0.39, 0.29) is 29.1 Å². The Kier molecular flexibility index (Phi) is 5.34. The first kappa shape index (κ1) is 17.8. The van der Waals surface area contributed by atoms with Crippen LogP contribution < -0.4 is 4.74 Å². The maximum atomic E-state index is 12.5. The molecule has 1 atom stereocenters. The van der Waals surface area contributed by atoms with Crippen molar-refractivity contribution in [3.8, 4) is 5.75 Å². The number of hydrogen-bond acceptors (Lipinski definition) is 6. The molecule has 132 valence electrons. The van der Waals surface area contributed by atoms with Gasteiger partial charge in [0.15, 0.2) is 16.4 Å². The highest BCUT2D eigenvalue weighted by Gasteiger charge is 2.35. The summed E-state index contributed by atoms with van der Waals surface area (Å²) in [7, 11) is -3.36. The summed E-state index contributed by atoms with van der Waals surface area (Å²) >= 11 is 1.53. The lowest BCUT2D eigenvalue weighted by molar-refractivity contribution is -0.145. The van der Waals surface area contributed by atoms with E-state index in [0.717, 1.165) is 10.5 Å². The van der Waals surface area contributed by atoms with E-state index in [4.69, 9.17) is 9.47 Å². The fourth-order valence-corrected chi connectivity index (χ4v) is 6.11. The SMILES string of the molecule is CCOC(=O)COc1ccc2c(c1)S(=O)(=O)CC2Sc1ccccc1. The maximum absolute atomic E-state index is 12.5. The van der Waals surface area contributed by atoms with Gasteiger partial charge in [-0.2, -0.15) is 0 Å². The Balaban J connectivity index is 1.79. The summed E-state index contributed by atoms with van der Waals surface area (Å²) in [4.78, 5) is 12.7. The Labute approximate surface area is 151 Å². The van der Waals surface area contributed by atoms with E-state index < -0.39 is 15.8 Å². The fraction of sp³-hybridized carbons (Fsp3) is 0.278. The molecular weight excluding hydrogens is 360 g/mol. The van der Waals surface area contributed by atoms with Crippen molar-refractivity contribution in [2.24, 2.45) is 0 Å². The molecule has 0 saturated carbocycles. The summed E-state index contributed by atoms with van der Waals surface area (Å²) in [5.74, 6) is -0.0763. The van der Waals surface area contributed by atoms with Gasteiger partial charge in [-0.25, -0.2) is 13.2 Å². The third kappa shape index (κ3) is 4.16. The largest absolute Gasteiger partial charge is 0.482 e. The number of thioether (sulfide) groups is 1. The molecule has 3 rings (SSSR count). The van der Waals surface area contributed by atoms with Crippen molar-refractivity contribution >= 4 is 27.6 Å². The fourth-order valence-electron chi connectivity index (χ4n) is 2.62. The molecule has 0 fully saturated rings. The van der Waals surface area contributed by atoms with Crippen molar-refractivity contribution in [2.45, 2.75) is 22.0 Å². The molecule has 1 unspecified atom stereocenters. The molecule has 1 aliphatic heterocycles. The van der Waals surface area contributed by atoms with Crippen molar-refractivity contribution in [1.82, 2.24) is 0 Å². The second-order valence-electron chi connectivity index (χ2n) is 5.49. The number of benzene rings is 2. The molecule has 0 amide bonds. The zero-order chi connectivity index (χ0) is 17.9. The Morgan fingerprint density at radius 1 is 1.20 bits per heavy atom. The van der Waals surface area contributed by atoms with Crippen LogP contribution in [-0.4, -0.2) is 33.4 Å². The lowest BCUT2D eigenvalue weighted by Gasteiger charge is -2.11. The van der Waals surface area contributed by atoms with E-state index in [9.17, 15) is 13.2 Å². The Bertz CT molecular complexity index is 862. The molecule has 0 aromatic heterocycles. The summed E-state index contributed by atoms with van der Waals surface area (Å²) in [5.41, 5.74) is 0.775. The minimum absolute atomic E-state index is 0.0588. The molecule has 0 bridgehead atoms. The topological polar surface area (TPSA) is 69.7 Å². The summed E-state index contributed by atoms with van der Waals surface area (Å²) in [6, 6.07) is 14.7. The first-order valence-corrected chi connectivity index (χ1v) is 10.4. The predicted octanol–water partition coefficient (Wildman–Crippen LogP) is 3.25. The molecule has 5 nitrogen and oxygen atoms in total. The Morgan fingerprint density at radius 2 is 1.96 bits per heavy atom. The van der Waals surface area contributed by atoms with Crippen LogP contribution in [0.25, 0.3) is 0 Å². The minimum Gasteiger partial charge on any atom is -0.482 e. The number of ether oxygens (including phenoxy) is 2. The van der Waals surface area contributed by atoms with Crippen LogP contribution >= 0.6 is 11.8 Å². The van der Waals surface area contributed by atoms with Gasteiger partial charge in [0.25, 0.3) is 0 Å². The van der Waals surface area contributed by atoms with Crippen molar-refractivity contribution in [3.63, 3.8) is 0 Å². The lowest BCUT2D eigenvalue weighted by Crippen LogP contribution is -2.14. The lowest BCUT2D eigenvalue weighted by atomic mass is 10.1. The van der Waals surface area contributed by atoms with Crippen LogP contribution in [0.5, 0.6) is 5.75 Å². The second-order valence-corrected chi connectivity index (χ2v) is 8.77. The van der Waals surface area contributed by atoms with E-state index >= 15 is 0 Å². The van der Waals surface area contributed by atoms with E-state index in [1.807, 2.05) is 30.3 Å². The van der Waals surface area contributed by atoms with Crippen molar-refractivity contribution in [2.75, 3.05) is 19.0 Å². The van der Waals surface area contributed by atoms with Gasteiger partial charge in [0.1, 0.15) is 5.75 Å². The number of rotatable bonds is 6. The number of carbonyl (C=O) groups excluding carboxylic acids is 1. The van der Waals surface area contributed by atoms with E-state index in [1.54, 1.807) is 19.1 Å². The van der Waals surface area contributed by atoms with Crippen LogP contribution in [0.15, 0.2) is 58.3 Å². The van der Waals surface area contributed by atoms with Crippen LogP contribution in [0.1, 0.15) is 17.7 Å². The molecule has 2 aromatic rings. The molecule has 0 spiro atoms. The average molecular weight is 378 g/mol. The van der Waals surface area contributed by atoms with Crippen LogP contribution in [0.2, 0.25) is 0 Å². The molecule has 25 heavy (non-hydrogen) atoms. The normalized spacial score (nSPS) is 17.7. The van der Waals surface area contributed by atoms with Gasteiger partial charge in [-0.1, -0.05) is 24.3 Å². The van der Waals surface area contributed by atoms with Gasteiger partial charge in [0.05, 0.1) is 22.5 Å². The van der Waals surface area contributed by atoms with Gasteiger partial charge < -0.3 is 9.47 Å². The molecule has 0 radical (unpaired) electrons. The molecular formula is C18H18O5S2. The van der Waals surface area contributed by atoms with Crippen molar-refractivity contribution < 1.29 is 22.7 Å². The smallest absolute Gasteiger partial charge is 0.344 e. The molecule has 7 heteroatoms. The second kappa shape index (κ2) is 7.49. The van der Waals surface area contributed by atoms with E-state index in [2.05, 4.69) is 0 Å². The highest BCUT2D eigenvalue weighted by molar-refractivity contribution is 8.01.